The molecule has 2 aromatic heterocycles. The van der Waals surface area contributed by atoms with E-state index >= 15 is 0 Å². The second-order valence-electron chi connectivity index (χ2n) is 5.53. The Balaban J connectivity index is 1.92. The van der Waals surface area contributed by atoms with Crippen molar-refractivity contribution >= 4 is 39.1 Å². The van der Waals surface area contributed by atoms with Crippen molar-refractivity contribution < 1.29 is 9.53 Å². The maximum atomic E-state index is 11.8. The molecule has 0 saturated carbocycles. The third-order valence-electron chi connectivity index (χ3n) is 3.28. The second kappa shape index (κ2) is 7.15. The van der Waals surface area contributed by atoms with E-state index in [1.165, 1.54) is 17.7 Å². The lowest BCUT2D eigenvalue weighted by Gasteiger charge is -2.10. The maximum absolute atomic E-state index is 11.8. The fourth-order valence-electron chi connectivity index (χ4n) is 2.30. The van der Waals surface area contributed by atoms with E-state index in [2.05, 4.69) is 15.3 Å². The first-order valence-corrected chi connectivity index (χ1v) is 8.70. The first-order chi connectivity index (χ1) is 11.5. The van der Waals surface area contributed by atoms with Crippen molar-refractivity contribution in [1.82, 2.24) is 15.3 Å². The number of rotatable bonds is 5. The summed E-state index contributed by atoms with van der Waals surface area (Å²) >= 11 is 7.46. The summed E-state index contributed by atoms with van der Waals surface area (Å²) in [7, 11) is 0. The summed E-state index contributed by atoms with van der Waals surface area (Å²) in [6, 6.07) is 7.61. The van der Waals surface area contributed by atoms with Gasteiger partial charge in [-0.2, -0.15) is 0 Å². The minimum atomic E-state index is -0.181. The number of aromatic nitrogens is 2. The number of nitrogens with zero attached hydrogens (tertiary/aromatic N) is 2. The summed E-state index contributed by atoms with van der Waals surface area (Å²) in [6.07, 6.45) is 1.44. The molecule has 7 heteroatoms. The van der Waals surface area contributed by atoms with E-state index in [9.17, 15) is 4.79 Å². The molecule has 0 aliphatic carbocycles. The van der Waals surface area contributed by atoms with Crippen LogP contribution in [-0.2, 0) is 4.79 Å². The molecular formula is C17H16ClN3O2S. The van der Waals surface area contributed by atoms with Crippen LogP contribution < -0.4 is 10.1 Å². The topological polar surface area (TPSA) is 64.1 Å². The molecule has 0 spiro atoms. The number of thiophene rings is 1. The van der Waals surface area contributed by atoms with Crippen LogP contribution in [0.3, 0.4) is 0 Å². The maximum Gasteiger partial charge on any atom is 0.258 e. The van der Waals surface area contributed by atoms with Crippen molar-refractivity contribution in [3.05, 3.63) is 41.0 Å². The Morgan fingerprint density at radius 3 is 2.75 bits per heavy atom. The summed E-state index contributed by atoms with van der Waals surface area (Å²) < 4.78 is 5.64. The average Bonchev–Trinajstić information content (AvgIpc) is 2.97. The molecule has 1 aromatic carbocycles. The predicted octanol–water partition coefficient (Wildman–Crippen LogP) is 3.92. The van der Waals surface area contributed by atoms with Crippen molar-refractivity contribution in [2.45, 2.75) is 19.9 Å². The summed E-state index contributed by atoms with van der Waals surface area (Å²) in [5, 5.41) is 6.28. The number of halogens is 1. The van der Waals surface area contributed by atoms with E-state index in [1.54, 1.807) is 0 Å². The summed E-state index contributed by atoms with van der Waals surface area (Å²) in [5.41, 5.74) is 1.96. The number of fused-ring (bicyclic) bond motifs is 1. The highest BCUT2D eigenvalue weighted by molar-refractivity contribution is 7.17. The zero-order valence-corrected chi connectivity index (χ0v) is 14.8. The minimum Gasteiger partial charge on any atom is -0.467 e. The van der Waals surface area contributed by atoms with E-state index in [0.29, 0.717) is 10.9 Å². The molecule has 3 aromatic rings. The van der Waals surface area contributed by atoms with Crippen LogP contribution in [0.15, 0.2) is 36.0 Å². The van der Waals surface area contributed by atoms with Gasteiger partial charge in [-0.3, -0.25) is 4.79 Å². The molecule has 5 nitrogen and oxygen atoms in total. The number of benzene rings is 1. The van der Waals surface area contributed by atoms with Gasteiger partial charge in [0.1, 0.15) is 11.2 Å². The molecule has 0 aliphatic heterocycles. The zero-order chi connectivity index (χ0) is 17.1. The van der Waals surface area contributed by atoms with Crippen molar-refractivity contribution in [3.8, 4) is 17.0 Å². The molecule has 1 amide bonds. The van der Waals surface area contributed by atoms with E-state index in [-0.39, 0.29) is 18.6 Å². The van der Waals surface area contributed by atoms with E-state index < -0.39 is 0 Å². The van der Waals surface area contributed by atoms with Crippen LogP contribution in [0.2, 0.25) is 5.02 Å². The van der Waals surface area contributed by atoms with Gasteiger partial charge in [-0.25, -0.2) is 9.97 Å². The highest BCUT2D eigenvalue weighted by Crippen LogP contribution is 2.37. The number of nitrogens with one attached hydrogen (secondary N) is 1. The van der Waals surface area contributed by atoms with Crippen LogP contribution >= 0.6 is 22.9 Å². The molecule has 1 N–H and O–H groups in total. The van der Waals surface area contributed by atoms with Gasteiger partial charge >= 0.3 is 0 Å². The molecule has 0 fully saturated rings. The largest absolute Gasteiger partial charge is 0.467 e. The second-order valence-corrected chi connectivity index (χ2v) is 6.82. The third kappa shape index (κ3) is 3.66. The van der Waals surface area contributed by atoms with Gasteiger partial charge in [0.15, 0.2) is 6.61 Å². The van der Waals surface area contributed by atoms with Gasteiger partial charge in [0.25, 0.3) is 5.91 Å². The van der Waals surface area contributed by atoms with Crippen LogP contribution in [0.4, 0.5) is 0 Å². The number of carbonyl (C=O) groups excluding carboxylic acids is 1. The van der Waals surface area contributed by atoms with Gasteiger partial charge in [0.2, 0.25) is 5.88 Å². The molecule has 0 aliphatic rings. The van der Waals surface area contributed by atoms with E-state index in [4.69, 9.17) is 16.3 Å². The number of hydrogen-bond acceptors (Lipinski definition) is 5. The first-order valence-electron chi connectivity index (χ1n) is 7.45. The van der Waals surface area contributed by atoms with Crippen LogP contribution in [0.1, 0.15) is 13.8 Å². The Kier molecular flexibility index (Phi) is 4.97. The highest BCUT2D eigenvalue weighted by Gasteiger charge is 2.15. The van der Waals surface area contributed by atoms with Crippen molar-refractivity contribution in [1.29, 1.82) is 0 Å². The van der Waals surface area contributed by atoms with Gasteiger partial charge in [-0.15, -0.1) is 11.3 Å². The third-order valence-corrected chi connectivity index (χ3v) is 4.42. The molecule has 0 atom stereocenters. The fourth-order valence-corrected chi connectivity index (χ4v) is 3.33. The lowest BCUT2D eigenvalue weighted by molar-refractivity contribution is -0.123. The molecule has 0 unspecified atom stereocenters. The molecule has 124 valence electrons. The zero-order valence-electron chi connectivity index (χ0n) is 13.2. The number of ether oxygens (including phenoxy) is 1. The van der Waals surface area contributed by atoms with Crippen molar-refractivity contribution in [2.24, 2.45) is 0 Å². The van der Waals surface area contributed by atoms with Crippen LogP contribution in [0.5, 0.6) is 5.88 Å². The molecule has 3 rings (SSSR count). The van der Waals surface area contributed by atoms with Crippen LogP contribution in [0, 0.1) is 0 Å². The average molecular weight is 362 g/mol. The lowest BCUT2D eigenvalue weighted by atomic mass is 10.1. The van der Waals surface area contributed by atoms with Gasteiger partial charge in [0, 0.05) is 22.0 Å². The molecule has 24 heavy (non-hydrogen) atoms. The highest BCUT2D eigenvalue weighted by atomic mass is 35.5. The van der Waals surface area contributed by atoms with Crippen molar-refractivity contribution in [2.75, 3.05) is 6.61 Å². The Morgan fingerprint density at radius 1 is 1.29 bits per heavy atom. The van der Waals surface area contributed by atoms with Crippen molar-refractivity contribution in [3.63, 3.8) is 0 Å². The Morgan fingerprint density at radius 2 is 2.04 bits per heavy atom. The van der Waals surface area contributed by atoms with Gasteiger partial charge < -0.3 is 10.1 Å². The Labute approximate surface area is 148 Å². The smallest absolute Gasteiger partial charge is 0.258 e. The van der Waals surface area contributed by atoms with E-state index in [1.807, 2.05) is 43.5 Å². The first kappa shape index (κ1) is 16.7. The summed E-state index contributed by atoms with van der Waals surface area (Å²) in [4.78, 5) is 21.1. The summed E-state index contributed by atoms with van der Waals surface area (Å²) in [6.45, 7) is 3.72. The minimum absolute atomic E-state index is 0.0669. The fraction of sp³-hybridized carbons (Fsp3) is 0.235. The quantitative estimate of drug-likeness (QED) is 0.748. The molecular weight excluding hydrogens is 346 g/mol. The van der Waals surface area contributed by atoms with Gasteiger partial charge in [-0.05, 0) is 31.5 Å². The van der Waals surface area contributed by atoms with Crippen LogP contribution in [-0.4, -0.2) is 28.5 Å². The Bertz CT molecular complexity index is 862. The SMILES string of the molecule is CC(C)NC(=O)COc1ncnc2scc(-c3ccc(Cl)cc3)c12. The van der Waals surface area contributed by atoms with Crippen LogP contribution in [0.25, 0.3) is 21.3 Å². The molecule has 0 radical (unpaired) electrons. The van der Waals surface area contributed by atoms with Gasteiger partial charge in [-0.1, -0.05) is 23.7 Å². The van der Waals surface area contributed by atoms with E-state index in [0.717, 1.165) is 21.3 Å². The standard InChI is InChI=1S/C17H16ClN3O2S/c1-10(2)21-14(22)7-23-16-15-13(8-24-17(15)20-9-19-16)11-3-5-12(18)6-4-11/h3-6,8-10H,7H2,1-2H3,(H,21,22). The summed E-state index contributed by atoms with van der Waals surface area (Å²) in [5.74, 6) is 0.227. The lowest BCUT2D eigenvalue weighted by Crippen LogP contribution is -2.34. The normalized spacial score (nSPS) is 11.0. The molecule has 0 bridgehead atoms. The monoisotopic (exact) mass is 361 g/mol. The van der Waals surface area contributed by atoms with Gasteiger partial charge in [0.05, 0.1) is 5.39 Å². The molecule has 0 saturated heterocycles. The number of amides is 1. The molecule has 2 heterocycles. The number of hydrogen-bond donors (Lipinski definition) is 1. The number of carbonyl (C=O) groups is 1. The predicted molar refractivity (Wildman–Crippen MR) is 96.6 cm³/mol. The Hall–Kier alpha value is -2.18.